The molecule has 1 rings (SSSR count). The number of hydrogen-bond donors (Lipinski definition) is 1. The molecule has 0 aliphatic carbocycles. The number of carbonyl (C=O) groups excluding carboxylic acids is 1. The standard InChI is InChI=1S/C12H21NO/c1-4-12(5-7-13-8-6-12)11(14)9-10(2)3/h13H,2,4-9H2,1,3H3. The molecule has 0 amide bonds. The third-order valence-electron chi connectivity index (χ3n) is 3.29. The van der Waals surface area contributed by atoms with Crippen molar-refractivity contribution in [3.63, 3.8) is 0 Å². The van der Waals surface area contributed by atoms with E-state index in [1.807, 2.05) is 6.92 Å². The highest BCUT2D eigenvalue weighted by Gasteiger charge is 2.36. The minimum absolute atomic E-state index is 0.0514. The Kier molecular flexibility index (Phi) is 3.87. The molecular weight excluding hydrogens is 174 g/mol. The molecule has 80 valence electrons. The minimum Gasteiger partial charge on any atom is -0.317 e. The maximum atomic E-state index is 12.1. The zero-order valence-electron chi connectivity index (χ0n) is 9.36. The molecule has 1 saturated heterocycles. The highest BCUT2D eigenvalue weighted by atomic mass is 16.1. The van der Waals surface area contributed by atoms with E-state index in [9.17, 15) is 4.79 Å². The van der Waals surface area contributed by atoms with E-state index in [0.29, 0.717) is 12.2 Å². The van der Waals surface area contributed by atoms with Crippen molar-refractivity contribution in [2.75, 3.05) is 13.1 Å². The predicted molar refractivity (Wildman–Crippen MR) is 59.3 cm³/mol. The molecule has 1 aliphatic rings. The lowest BCUT2D eigenvalue weighted by Crippen LogP contribution is -2.41. The molecule has 0 saturated carbocycles. The van der Waals surface area contributed by atoms with Crippen LogP contribution in [-0.2, 0) is 4.79 Å². The summed E-state index contributed by atoms with van der Waals surface area (Å²) in [4.78, 5) is 12.1. The number of rotatable bonds is 4. The van der Waals surface area contributed by atoms with Crippen molar-refractivity contribution >= 4 is 5.78 Å². The van der Waals surface area contributed by atoms with Gasteiger partial charge in [0.1, 0.15) is 5.78 Å². The normalized spacial score (nSPS) is 20.4. The smallest absolute Gasteiger partial charge is 0.143 e. The van der Waals surface area contributed by atoms with E-state index in [-0.39, 0.29) is 5.41 Å². The molecular formula is C12H21NO. The van der Waals surface area contributed by atoms with Crippen molar-refractivity contribution in [3.8, 4) is 0 Å². The Morgan fingerprint density at radius 3 is 2.43 bits per heavy atom. The number of hydrogen-bond acceptors (Lipinski definition) is 2. The van der Waals surface area contributed by atoms with Gasteiger partial charge < -0.3 is 5.32 Å². The third kappa shape index (κ3) is 2.44. The molecule has 1 fully saturated rings. The Balaban J connectivity index is 2.67. The fraction of sp³-hybridized carbons (Fsp3) is 0.750. The summed E-state index contributed by atoms with van der Waals surface area (Å²) in [5.74, 6) is 0.397. The van der Waals surface area contributed by atoms with Gasteiger partial charge in [0, 0.05) is 11.8 Å². The number of piperidine rings is 1. The van der Waals surface area contributed by atoms with Crippen molar-refractivity contribution in [3.05, 3.63) is 12.2 Å². The van der Waals surface area contributed by atoms with Crippen LogP contribution >= 0.6 is 0 Å². The molecule has 14 heavy (non-hydrogen) atoms. The highest BCUT2D eigenvalue weighted by molar-refractivity contribution is 5.86. The topological polar surface area (TPSA) is 29.1 Å². The first kappa shape index (κ1) is 11.4. The van der Waals surface area contributed by atoms with Gasteiger partial charge in [0.2, 0.25) is 0 Å². The first-order chi connectivity index (χ1) is 6.60. The summed E-state index contributed by atoms with van der Waals surface area (Å²) in [5.41, 5.74) is 0.936. The van der Waals surface area contributed by atoms with Crippen LogP contribution in [0.15, 0.2) is 12.2 Å². The number of nitrogens with one attached hydrogen (secondary N) is 1. The summed E-state index contributed by atoms with van der Waals surface area (Å²) in [7, 11) is 0. The molecule has 0 atom stereocenters. The van der Waals surface area contributed by atoms with Crippen LogP contribution in [-0.4, -0.2) is 18.9 Å². The van der Waals surface area contributed by atoms with Crippen molar-refractivity contribution in [1.29, 1.82) is 0 Å². The summed E-state index contributed by atoms with van der Waals surface area (Å²) < 4.78 is 0. The second-order valence-corrected chi connectivity index (χ2v) is 4.44. The fourth-order valence-corrected chi connectivity index (χ4v) is 2.20. The van der Waals surface area contributed by atoms with Crippen molar-refractivity contribution < 1.29 is 4.79 Å². The number of Topliss-reactive ketones (excluding diaryl/α,β-unsaturated/α-hetero) is 1. The van der Waals surface area contributed by atoms with Crippen molar-refractivity contribution in [2.45, 2.75) is 39.5 Å². The second-order valence-electron chi connectivity index (χ2n) is 4.44. The Morgan fingerprint density at radius 2 is 2.00 bits per heavy atom. The molecule has 0 spiro atoms. The van der Waals surface area contributed by atoms with Gasteiger partial charge in [0.15, 0.2) is 0 Å². The van der Waals surface area contributed by atoms with Crippen LogP contribution in [0.3, 0.4) is 0 Å². The van der Waals surface area contributed by atoms with Gasteiger partial charge in [-0.1, -0.05) is 19.1 Å². The van der Waals surface area contributed by atoms with Crippen LogP contribution in [0.4, 0.5) is 0 Å². The Bertz CT molecular complexity index is 226. The summed E-state index contributed by atoms with van der Waals surface area (Å²) in [6, 6.07) is 0. The molecule has 2 heteroatoms. The maximum Gasteiger partial charge on any atom is 0.143 e. The second kappa shape index (κ2) is 4.74. The first-order valence-corrected chi connectivity index (χ1v) is 5.49. The van der Waals surface area contributed by atoms with Crippen LogP contribution < -0.4 is 5.32 Å². The average Bonchev–Trinajstić information content (AvgIpc) is 2.18. The van der Waals surface area contributed by atoms with Gasteiger partial charge in [0.05, 0.1) is 0 Å². The monoisotopic (exact) mass is 195 g/mol. The fourth-order valence-electron chi connectivity index (χ4n) is 2.20. The molecule has 1 N–H and O–H groups in total. The Labute approximate surface area is 86.8 Å². The zero-order valence-corrected chi connectivity index (χ0v) is 9.36. The average molecular weight is 195 g/mol. The lowest BCUT2D eigenvalue weighted by atomic mass is 9.72. The molecule has 0 aromatic carbocycles. The molecule has 1 heterocycles. The molecule has 0 bridgehead atoms. The highest BCUT2D eigenvalue weighted by Crippen LogP contribution is 2.35. The maximum absolute atomic E-state index is 12.1. The molecule has 0 unspecified atom stereocenters. The number of allylic oxidation sites excluding steroid dienone is 1. The van der Waals surface area contributed by atoms with E-state index in [0.717, 1.165) is 37.9 Å². The Morgan fingerprint density at radius 1 is 1.43 bits per heavy atom. The van der Waals surface area contributed by atoms with Crippen molar-refractivity contribution in [2.24, 2.45) is 5.41 Å². The molecule has 0 radical (unpaired) electrons. The molecule has 2 nitrogen and oxygen atoms in total. The Hall–Kier alpha value is -0.630. The van der Waals surface area contributed by atoms with E-state index in [4.69, 9.17) is 0 Å². The van der Waals surface area contributed by atoms with Gasteiger partial charge in [-0.2, -0.15) is 0 Å². The van der Waals surface area contributed by atoms with Crippen LogP contribution in [0.25, 0.3) is 0 Å². The predicted octanol–water partition coefficient (Wildman–Crippen LogP) is 2.30. The van der Waals surface area contributed by atoms with Gasteiger partial charge in [-0.15, -0.1) is 0 Å². The van der Waals surface area contributed by atoms with E-state index < -0.39 is 0 Å². The van der Waals surface area contributed by atoms with Crippen LogP contribution in [0.1, 0.15) is 39.5 Å². The van der Waals surface area contributed by atoms with E-state index in [2.05, 4.69) is 18.8 Å². The third-order valence-corrected chi connectivity index (χ3v) is 3.29. The SMILES string of the molecule is C=C(C)CC(=O)C1(CC)CCNCC1. The lowest BCUT2D eigenvalue weighted by molar-refractivity contribution is -0.129. The molecule has 0 aromatic heterocycles. The van der Waals surface area contributed by atoms with E-state index >= 15 is 0 Å². The van der Waals surface area contributed by atoms with Crippen LogP contribution in [0, 0.1) is 5.41 Å². The summed E-state index contributed by atoms with van der Waals surface area (Å²) in [6.07, 6.45) is 3.53. The molecule has 1 aliphatic heterocycles. The van der Waals surface area contributed by atoms with Crippen LogP contribution in [0.5, 0.6) is 0 Å². The molecule has 0 aromatic rings. The summed E-state index contributed by atoms with van der Waals surface area (Å²) in [5, 5.41) is 3.31. The first-order valence-electron chi connectivity index (χ1n) is 5.49. The zero-order chi connectivity index (χ0) is 10.6. The van der Waals surface area contributed by atoms with Crippen LogP contribution in [0.2, 0.25) is 0 Å². The van der Waals surface area contributed by atoms with Gasteiger partial charge >= 0.3 is 0 Å². The van der Waals surface area contributed by atoms with Gasteiger partial charge in [-0.05, 0) is 39.3 Å². The van der Waals surface area contributed by atoms with E-state index in [1.165, 1.54) is 0 Å². The minimum atomic E-state index is -0.0514. The summed E-state index contributed by atoms with van der Waals surface area (Å²) in [6.45, 7) is 9.84. The van der Waals surface area contributed by atoms with Crippen molar-refractivity contribution in [1.82, 2.24) is 5.32 Å². The number of ketones is 1. The van der Waals surface area contributed by atoms with Gasteiger partial charge in [-0.25, -0.2) is 0 Å². The van der Waals surface area contributed by atoms with Gasteiger partial charge in [-0.3, -0.25) is 4.79 Å². The largest absolute Gasteiger partial charge is 0.317 e. The quantitative estimate of drug-likeness (QED) is 0.697. The lowest BCUT2D eigenvalue weighted by Gasteiger charge is -2.35. The summed E-state index contributed by atoms with van der Waals surface area (Å²) >= 11 is 0. The van der Waals surface area contributed by atoms with E-state index in [1.54, 1.807) is 0 Å². The number of carbonyl (C=O) groups is 1. The van der Waals surface area contributed by atoms with Gasteiger partial charge in [0.25, 0.3) is 0 Å².